The Hall–Kier alpha value is -1.96. The molecular weight excluding hydrogens is 350 g/mol. The largest absolute Gasteiger partial charge is 0.462 e. The first-order chi connectivity index (χ1) is 12.7. The minimum Gasteiger partial charge on any atom is -0.462 e. The van der Waals surface area contributed by atoms with Crippen molar-refractivity contribution in [1.82, 2.24) is 4.57 Å². The highest BCUT2D eigenvalue weighted by molar-refractivity contribution is 7.11. The van der Waals surface area contributed by atoms with Crippen LogP contribution in [0.3, 0.4) is 0 Å². The molecule has 1 aromatic heterocycles. The second-order valence-electron chi connectivity index (χ2n) is 6.23. The van der Waals surface area contributed by atoms with Gasteiger partial charge in [-0.15, -0.1) is 0 Å². The lowest BCUT2D eigenvalue weighted by molar-refractivity contribution is -0.908. The molecule has 0 amide bonds. The predicted molar refractivity (Wildman–Crippen MR) is 101 cm³/mol. The van der Waals surface area contributed by atoms with Gasteiger partial charge < -0.3 is 18.9 Å². The van der Waals surface area contributed by atoms with Gasteiger partial charge in [0.25, 0.3) is 0 Å². The number of hydrogen-bond acceptors (Lipinski definition) is 5. The highest BCUT2D eigenvalue weighted by Gasteiger charge is 2.20. The van der Waals surface area contributed by atoms with E-state index in [-0.39, 0.29) is 5.97 Å². The van der Waals surface area contributed by atoms with Crippen molar-refractivity contribution in [3.8, 4) is 0 Å². The maximum Gasteiger partial charge on any atom is 0.350 e. The van der Waals surface area contributed by atoms with Crippen LogP contribution >= 0.6 is 11.3 Å². The van der Waals surface area contributed by atoms with Crippen molar-refractivity contribution in [2.24, 2.45) is 4.99 Å². The van der Waals surface area contributed by atoms with Gasteiger partial charge in [0.05, 0.1) is 38.6 Å². The number of carbonyl (C=O) groups excluding carboxylic acids is 1. The van der Waals surface area contributed by atoms with Crippen molar-refractivity contribution in [1.29, 1.82) is 0 Å². The van der Waals surface area contributed by atoms with Crippen LogP contribution in [0.4, 0.5) is 5.69 Å². The normalized spacial score (nSPS) is 16.0. The smallest absolute Gasteiger partial charge is 0.350 e. The Bertz CT molecular complexity index is 792. The number of carbonyl (C=O) groups is 1. The van der Waals surface area contributed by atoms with Gasteiger partial charge in [0, 0.05) is 5.69 Å². The van der Waals surface area contributed by atoms with Crippen LogP contribution in [0.25, 0.3) is 0 Å². The van der Waals surface area contributed by atoms with Gasteiger partial charge in [0.1, 0.15) is 18.0 Å². The van der Waals surface area contributed by atoms with Crippen molar-refractivity contribution in [3.63, 3.8) is 0 Å². The zero-order chi connectivity index (χ0) is 18.4. The van der Waals surface area contributed by atoms with Crippen LogP contribution < -0.4 is 9.70 Å². The van der Waals surface area contributed by atoms with Crippen molar-refractivity contribution in [2.45, 2.75) is 20.4 Å². The van der Waals surface area contributed by atoms with Crippen LogP contribution in [0.5, 0.6) is 0 Å². The molecule has 1 fully saturated rings. The lowest BCUT2D eigenvalue weighted by atomic mass is 10.3. The van der Waals surface area contributed by atoms with E-state index in [4.69, 9.17) is 14.5 Å². The van der Waals surface area contributed by atoms with Gasteiger partial charge in [-0.1, -0.05) is 29.5 Å². The molecule has 0 aliphatic carbocycles. The number of para-hydroxylation sites is 1. The second-order valence-corrected chi connectivity index (χ2v) is 7.21. The molecule has 0 saturated carbocycles. The zero-order valence-corrected chi connectivity index (χ0v) is 16.2. The highest BCUT2D eigenvalue weighted by Crippen LogP contribution is 2.16. The molecule has 0 radical (unpaired) electrons. The quantitative estimate of drug-likeness (QED) is 0.771. The molecule has 26 heavy (non-hydrogen) atoms. The van der Waals surface area contributed by atoms with Gasteiger partial charge in [0.2, 0.25) is 0 Å². The number of hydrogen-bond donors (Lipinski definition) is 1. The fourth-order valence-electron chi connectivity index (χ4n) is 3.01. The van der Waals surface area contributed by atoms with E-state index in [2.05, 4.69) is 4.57 Å². The van der Waals surface area contributed by atoms with Crippen LogP contribution in [0.2, 0.25) is 0 Å². The van der Waals surface area contributed by atoms with Crippen LogP contribution in [0.1, 0.15) is 22.3 Å². The Labute approximate surface area is 157 Å². The zero-order valence-electron chi connectivity index (χ0n) is 15.4. The molecule has 6 nitrogen and oxygen atoms in total. The first kappa shape index (κ1) is 18.8. The summed E-state index contributed by atoms with van der Waals surface area (Å²) in [7, 11) is 0. The number of quaternary nitrogens is 1. The SMILES string of the molecule is CCOC(=O)c1sc(=Nc2ccccc2)n(CC[NH+]2CCOCC2)c1C. The van der Waals surface area contributed by atoms with Crippen molar-refractivity contribution in [3.05, 3.63) is 45.7 Å². The molecule has 0 unspecified atom stereocenters. The predicted octanol–water partition coefficient (Wildman–Crippen LogP) is 1.18. The number of nitrogens with one attached hydrogen (secondary N) is 1. The number of esters is 1. The maximum atomic E-state index is 12.3. The van der Waals surface area contributed by atoms with E-state index < -0.39 is 0 Å². The third-order valence-corrected chi connectivity index (χ3v) is 5.65. The average molecular weight is 377 g/mol. The molecule has 0 atom stereocenters. The molecular formula is C19H26N3O3S+. The molecule has 1 aliphatic heterocycles. The molecule has 1 aliphatic rings. The third-order valence-electron chi connectivity index (χ3n) is 4.49. The minimum atomic E-state index is -0.267. The third kappa shape index (κ3) is 4.60. The first-order valence-corrected chi connectivity index (χ1v) is 9.89. The van der Waals surface area contributed by atoms with E-state index in [9.17, 15) is 4.79 Å². The Morgan fingerprint density at radius 2 is 2.04 bits per heavy atom. The van der Waals surface area contributed by atoms with Crippen LogP contribution in [-0.4, -0.2) is 50.0 Å². The fraction of sp³-hybridized carbons (Fsp3) is 0.474. The molecule has 2 aromatic rings. The van der Waals surface area contributed by atoms with E-state index in [1.54, 1.807) is 0 Å². The second kappa shape index (κ2) is 9.12. The number of aromatic nitrogens is 1. The Balaban J connectivity index is 1.91. The summed E-state index contributed by atoms with van der Waals surface area (Å²) in [6.07, 6.45) is 0. The Kier molecular flexibility index (Phi) is 6.60. The topological polar surface area (TPSA) is 57.3 Å². The fourth-order valence-corrected chi connectivity index (χ4v) is 4.08. The summed E-state index contributed by atoms with van der Waals surface area (Å²) < 4.78 is 12.8. The number of rotatable bonds is 6. The van der Waals surface area contributed by atoms with Crippen LogP contribution in [-0.2, 0) is 16.0 Å². The molecule has 1 aromatic carbocycles. The Morgan fingerprint density at radius 3 is 2.73 bits per heavy atom. The van der Waals surface area contributed by atoms with Crippen LogP contribution in [0, 0.1) is 6.92 Å². The summed E-state index contributed by atoms with van der Waals surface area (Å²) in [5, 5.41) is 0. The summed E-state index contributed by atoms with van der Waals surface area (Å²) in [6, 6.07) is 9.84. The first-order valence-electron chi connectivity index (χ1n) is 9.07. The molecule has 3 rings (SSSR count). The lowest BCUT2D eigenvalue weighted by Crippen LogP contribution is -3.14. The van der Waals surface area contributed by atoms with Gasteiger partial charge in [0.15, 0.2) is 4.80 Å². The van der Waals surface area contributed by atoms with E-state index in [1.165, 1.54) is 16.2 Å². The van der Waals surface area contributed by atoms with Gasteiger partial charge in [-0.2, -0.15) is 0 Å². The van der Waals surface area contributed by atoms with E-state index in [1.807, 2.05) is 44.2 Å². The summed E-state index contributed by atoms with van der Waals surface area (Å²) in [4.78, 5) is 20.1. The van der Waals surface area contributed by atoms with Crippen molar-refractivity contribution >= 4 is 23.0 Å². The molecule has 2 heterocycles. The minimum absolute atomic E-state index is 0.267. The molecule has 140 valence electrons. The summed E-state index contributed by atoms with van der Waals surface area (Å²) in [6.45, 7) is 9.68. The summed E-state index contributed by atoms with van der Waals surface area (Å²) >= 11 is 1.40. The van der Waals surface area contributed by atoms with Crippen LogP contribution in [0.15, 0.2) is 35.3 Å². The lowest BCUT2D eigenvalue weighted by Gasteiger charge is -2.24. The van der Waals surface area contributed by atoms with E-state index >= 15 is 0 Å². The number of benzene rings is 1. The van der Waals surface area contributed by atoms with Gasteiger partial charge in [-0.05, 0) is 26.0 Å². The molecule has 0 bridgehead atoms. The van der Waals surface area contributed by atoms with Gasteiger partial charge in [-0.25, -0.2) is 9.79 Å². The van der Waals surface area contributed by atoms with E-state index in [0.717, 1.165) is 55.6 Å². The van der Waals surface area contributed by atoms with Gasteiger partial charge >= 0.3 is 5.97 Å². The highest BCUT2D eigenvalue weighted by atomic mass is 32.1. The monoisotopic (exact) mass is 376 g/mol. The maximum absolute atomic E-state index is 12.3. The molecule has 0 spiro atoms. The van der Waals surface area contributed by atoms with E-state index in [0.29, 0.717) is 11.5 Å². The van der Waals surface area contributed by atoms with Gasteiger partial charge in [-0.3, -0.25) is 0 Å². The van der Waals surface area contributed by atoms with Crippen molar-refractivity contribution in [2.75, 3.05) is 39.5 Å². The number of ether oxygens (including phenoxy) is 2. The Morgan fingerprint density at radius 1 is 1.31 bits per heavy atom. The summed E-state index contributed by atoms with van der Waals surface area (Å²) in [5.74, 6) is -0.267. The van der Waals surface area contributed by atoms with Crippen molar-refractivity contribution < 1.29 is 19.2 Å². The number of thiazole rings is 1. The average Bonchev–Trinajstić information content (AvgIpc) is 2.97. The number of nitrogens with zero attached hydrogens (tertiary/aromatic N) is 2. The molecule has 7 heteroatoms. The molecule has 1 N–H and O–H groups in total. The standard InChI is InChI=1S/C19H25N3O3S/c1-3-25-18(23)17-15(2)22(10-9-21-11-13-24-14-12-21)19(26-17)20-16-7-5-4-6-8-16/h4-8H,3,9-14H2,1-2H3/p+1. The number of morpholine rings is 1. The summed E-state index contributed by atoms with van der Waals surface area (Å²) in [5.41, 5.74) is 1.81. The molecule has 1 saturated heterocycles.